The van der Waals surface area contributed by atoms with Gasteiger partial charge >= 0.3 is 0 Å². The molecule has 0 amide bonds. The van der Waals surface area contributed by atoms with Crippen molar-refractivity contribution in [2.45, 2.75) is 40.5 Å². The molecule has 2 aromatic heterocycles. The molecule has 0 saturated heterocycles. The van der Waals surface area contributed by atoms with Crippen molar-refractivity contribution >= 4 is 6.08 Å². The van der Waals surface area contributed by atoms with E-state index in [1.165, 1.54) is 12.1 Å². The molecule has 0 aliphatic carbocycles. The summed E-state index contributed by atoms with van der Waals surface area (Å²) in [5.41, 5.74) is 0.322. The molecule has 6 heteroatoms. The molecule has 2 rings (SSSR count). The van der Waals surface area contributed by atoms with E-state index in [2.05, 4.69) is 49.2 Å². The highest BCUT2D eigenvalue weighted by molar-refractivity contribution is 5.57. The van der Waals surface area contributed by atoms with E-state index in [9.17, 15) is 8.78 Å². The third-order valence-corrected chi connectivity index (χ3v) is 3.79. The monoisotopic (exact) mass is 361 g/mol. The summed E-state index contributed by atoms with van der Waals surface area (Å²) >= 11 is 0. The van der Waals surface area contributed by atoms with E-state index in [4.69, 9.17) is 4.74 Å². The smallest absolute Gasteiger partial charge is 0.284 e. The Morgan fingerprint density at radius 3 is 2.46 bits per heavy atom. The van der Waals surface area contributed by atoms with E-state index >= 15 is 0 Å². The average Bonchev–Trinajstić information content (AvgIpc) is 2.58. The number of rotatable bonds is 8. The van der Waals surface area contributed by atoms with Gasteiger partial charge in [0, 0.05) is 6.20 Å². The molecule has 0 aliphatic heterocycles. The molecule has 2 heterocycles. The van der Waals surface area contributed by atoms with E-state index in [0.29, 0.717) is 29.7 Å². The summed E-state index contributed by atoms with van der Waals surface area (Å²) in [7, 11) is 0. The van der Waals surface area contributed by atoms with Crippen LogP contribution in [-0.2, 0) is 0 Å². The number of ether oxygens (including phenoxy) is 1. The number of halogens is 2. The molecule has 0 fully saturated rings. The summed E-state index contributed by atoms with van der Waals surface area (Å²) in [5.74, 6) is 1.03. The number of alkyl halides is 2. The van der Waals surface area contributed by atoms with Crippen LogP contribution in [0.25, 0.3) is 17.5 Å². The summed E-state index contributed by atoms with van der Waals surface area (Å²) < 4.78 is 32.7. The maximum atomic E-state index is 13.5. The Bertz CT molecular complexity index is 760. The maximum Gasteiger partial charge on any atom is 0.284 e. The number of hydrogen-bond donors (Lipinski definition) is 0. The predicted octanol–water partition coefficient (Wildman–Crippen LogP) is 5.57. The van der Waals surface area contributed by atoms with Gasteiger partial charge < -0.3 is 4.74 Å². The fourth-order valence-electron chi connectivity index (χ4n) is 2.94. The zero-order valence-electron chi connectivity index (χ0n) is 15.7. The number of nitrogens with zero attached hydrogens (tertiary/aromatic N) is 3. The zero-order chi connectivity index (χ0) is 19.3. The van der Waals surface area contributed by atoms with Crippen molar-refractivity contribution in [3.05, 3.63) is 42.5 Å². The van der Waals surface area contributed by atoms with Gasteiger partial charge in [-0.1, -0.05) is 34.3 Å². The van der Waals surface area contributed by atoms with Gasteiger partial charge in [0.2, 0.25) is 0 Å². The van der Waals surface area contributed by atoms with E-state index in [1.54, 1.807) is 18.3 Å². The Morgan fingerprint density at radius 1 is 1.15 bits per heavy atom. The standard InChI is InChI=1S/C20H25F2N3O/c1-6-17-23-10-9-15(24-17)14-7-8-16(18(25-14)19(21)22)26-12-20(4,5)11-13(2)3/h6-10,13,19H,1,11-12H2,2-5H3. The fourth-order valence-corrected chi connectivity index (χ4v) is 2.94. The summed E-state index contributed by atoms with van der Waals surface area (Å²) in [5, 5.41) is 0. The summed E-state index contributed by atoms with van der Waals surface area (Å²) in [4.78, 5) is 12.3. The summed E-state index contributed by atoms with van der Waals surface area (Å²) in [6.07, 6.45) is 1.24. The lowest BCUT2D eigenvalue weighted by Gasteiger charge is -2.27. The molecule has 0 radical (unpaired) electrons. The second kappa shape index (κ2) is 8.34. The van der Waals surface area contributed by atoms with Crippen LogP contribution >= 0.6 is 0 Å². The van der Waals surface area contributed by atoms with Gasteiger partial charge in [-0.2, -0.15) is 0 Å². The quantitative estimate of drug-likeness (QED) is 0.617. The van der Waals surface area contributed by atoms with E-state index in [0.717, 1.165) is 6.42 Å². The second-order valence-electron chi connectivity index (χ2n) is 7.44. The Labute approximate surface area is 153 Å². The number of aromatic nitrogens is 3. The van der Waals surface area contributed by atoms with Gasteiger partial charge in [0.1, 0.15) is 11.4 Å². The SMILES string of the molecule is C=Cc1nccc(-c2ccc(OCC(C)(C)CC(C)C)c(C(F)F)n2)n1. The van der Waals surface area contributed by atoms with Crippen LogP contribution in [0.3, 0.4) is 0 Å². The van der Waals surface area contributed by atoms with Gasteiger partial charge in [-0.25, -0.2) is 23.7 Å². The van der Waals surface area contributed by atoms with Crippen LogP contribution in [0.2, 0.25) is 0 Å². The lowest BCUT2D eigenvalue weighted by molar-refractivity contribution is 0.123. The molecule has 0 atom stereocenters. The fraction of sp³-hybridized carbons (Fsp3) is 0.450. The van der Waals surface area contributed by atoms with Crippen LogP contribution in [-0.4, -0.2) is 21.6 Å². The van der Waals surface area contributed by atoms with Crippen LogP contribution in [0.4, 0.5) is 8.78 Å². The van der Waals surface area contributed by atoms with Gasteiger partial charge in [-0.3, -0.25) is 0 Å². The van der Waals surface area contributed by atoms with Crippen molar-refractivity contribution in [2.75, 3.05) is 6.61 Å². The zero-order valence-corrected chi connectivity index (χ0v) is 15.7. The molecule has 0 spiro atoms. The molecule has 26 heavy (non-hydrogen) atoms. The first-order valence-corrected chi connectivity index (χ1v) is 8.59. The lowest BCUT2D eigenvalue weighted by Crippen LogP contribution is -2.23. The lowest BCUT2D eigenvalue weighted by atomic mass is 9.85. The van der Waals surface area contributed by atoms with Crippen LogP contribution in [0.5, 0.6) is 5.75 Å². The average molecular weight is 361 g/mol. The number of hydrogen-bond acceptors (Lipinski definition) is 4. The minimum atomic E-state index is -2.74. The molecule has 4 nitrogen and oxygen atoms in total. The van der Waals surface area contributed by atoms with Crippen molar-refractivity contribution in [3.8, 4) is 17.1 Å². The highest BCUT2D eigenvalue weighted by Crippen LogP contribution is 2.32. The van der Waals surface area contributed by atoms with E-state index < -0.39 is 6.43 Å². The van der Waals surface area contributed by atoms with Gasteiger partial charge in [0.15, 0.2) is 5.82 Å². The second-order valence-corrected chi connectivity index (χ2v) is 7.44. The minimum absolute atomic E-state index is 0.110. The Hall–Kier alpha value is -2.37. The third kappa shape index (κ3) is 5.31. The maximum absolute atomic E-state index is 13.5. The molecule has 0 N–H and O–H groups in total. The van der Waals surface area contributed by atoms with Crippen LogP contribution < -0.4 is 4.74 Å². The van der Waals surface area contributed by atoms with Gasteiger partial charge in [-0.15, -0.1) is 0 Å². The third-order valence-electron chi connectivity index (χ3n) is 3.79. The molecule has 2 aromatic rings. The van der Waals surface area contributed by atoms with Crippen molar-refractivity contribution in [1.82, 2.24) is 15.0 Å². The highest BCUT2D eigenvalue weighted by atomic mass is 19.3. The van der Waals surface area contributed by atoms with E-state index in [-0.39, 0.29) is 16.9 Å². The van der Waals surface area contributed by atoms with Crippen molar-refractivity contribution in [1.29, 1.82) is 0 Å². The number of pyridine rings is 1. The van der Waals surface area contributed by atoms with Crippen molar-refractivity contribution < 1.29 is 13.5 Å². The molecule has 0 bridgehead atoms. The summed E-state index contributed by atoms with van der Waals surface area (Å²) in [6.45, 7) is 12.3. The van der Waals surface area contributed by atoms with Crippen molar-refractivity contribution in [3.63, 3.8) is 0 Å². The Morgan fingerprint density at radius 2 is 1.85 bits per heavy atom. The van der Waals surface area contributed by atoms with Gasteiger partial charge in [0.25, 0.3) is 6.43 Å². The molecular formula is C20H25F2N3O. The van der Waals surface area contributed by atoms with E-state index in [1.807, 2.05) is 0 Å². The van der Waals surface area contributed by atoms with Gasteiger partial charge in [0.05, 0.1) is 18.0 Å². The largest absolute Gasteiger partial charge is 0.491 e. The summed E-state index contributed by atoms with van der Waals surface area (Å²) in [6, 6.07) is 4.79. The van der Waals surface area contributed by atoms with Crippen LogP contribution in [0.1, 0.15) is 52.1 Å². The highest BCUT2D eigenvalue weighted by Gasteiger charge is 2.23. The van der Waals surface area contributed by atoms with Crippen molar-refractivity contribution in [2.24, 2.45) is 11.3 Å². The first-order valence-electron chi connectivity index (χ1n) is 8.59. The minimum Gasteiger partial charge on any atom is -0.491 e. The predicted molar refractivity (Wildman–Crippen MR) is 99.0 cm³/mol. The van der Waals surface area contributed by atoms with Crippen LogP contribution in [0, 0.1) is 11.3 Å². The molecule has 140 valence electrons. The molecule has 0 unspecified atom stereocenters. The molecule has 0 aliphatic rings. The molecule has 0 saturated carbocycles. The topological polar surface area (TPSA) is 47.9 Å². The van der Waals surface area contributed by atoms with Gasteiger partial charge in [-0.05, 0) is 42.0 Å². The Kier molecular flexibility index (Phi) is 6.40. The molecular weight excluding hydrogens is 336 g/mol. The van der Waals surface area contributed by atoms with Crippen LogP contribution in [0.15, 0.2) is 31.0 Å². The molecule has 0 aromatic carbocycles. The normalized spacial score (nSPS) is 11.8. The Balaban J connectivity index is 2.27. The first-order chi connectivity index (χ1) is 12.2. The first kappa shape index (κ1) is 19.9.